The summed E-state index contributed by atoms with van der Waals surface area (Å²) in [6.45, 7) is 2.27. The number of hydrogen-bond acceptors (Lipinski definition) is 5. The van der Waals surface area contributed by atoms with Crippen molar-refractivity contribution in [2.75, 3.05) is 21.3 Å². The molecule has 2 aromatic rings. The summed E-state index contributed by atoms with van der Waals surface area (Å²) in [5.74, 6) is 2.43. The third kappa shape index (κ3) is 3.69. The maximum absolute atomic E-state index is 12.8. The van der Waals surface area contributed by atoms with Gasteiger partial charge in [-0.15, -0.1) is 0 Å². The molecule has 26 heavy (non-hydrogen) atoms. The number of aromatic nitrogens is 1. The van der Waals surface area contributed by atoms with Crippen LogP contribution in [0.15, 0.2) is 28.8 Å². The summed E-state index contributed by atoms with van der Waals surface area (Å²) in [6, 6.07) is 7.35. The first-order valence-corrected chi connectivity index (χ1v) is 8.99. The van der Waals surface area contributed by atoms with Gasteiger partial charge in [-0.3, -0.25) is 4.79 Å². The van der Waals surface area contributed by atoms with Gasteiger partial charge in [-0.25, -0.2) is 0 Å². The van der Waals surface area contributed by atoms with Gasteiger partial charge >= 0.3 is 0 Å². The van der Waals surface area contributed by atoms with E-state index in [2.05, 4.69) is 12.1 Å². The summed E-state index contributed by atoms with van der Waals surface area (Å²) in [5, 5.41) is 3.99. The van der Waals surface area contributed by atoms with Crippen LogP contribution in [0, 0.1) is 5.92 Å². The van der Waals surface area contributed by atoms with Crippen molar-refractivity contribution in [3.8, 4) is 22.8 Å². The molecule has 1 aromatic carbocycles. The molecule has 0 saturated heterocycles. The van der Waals surface area contributed by atoms with Crippen LogP contribution in [0.1, 0.15) is 43.1 Å². The molecule has 6 nitrogen and oxygen atoms in total. The molecule has 0 unspecified atom stereocenters. The molecule has 0 spiro atoms. The van der Waals surface area contributed by atoms with Gasteiger partial charge in [0.1, 0.15) is 11.5 Å². The van der Waals surface area contributed by atoms with Crippen LogP contribution >= 0.6 is 0 Å². The Balaban J connectivity index is 1.80. The third-order valence-electron chi connectivity index (χ3n) is 5.25. The molecule has 0 bridgehead atoms. The van der Waals surface area contributed by atoms with Gasteiger partial charge in [-0.05, 0) is 49.8 Å². The van der Waals surface area contributed by atoms with Crippen molar-refractivity contribution < 1.29 is 18.8 Å². The number of nitrogens with zero attached hydrogens (tertiary/aromatic N) is 2. The number of benzene rings is 1. The number of ether oxygens (including phenoxy) is 2. The first kappa shape index (κ1) is 18.3. The van der Waals surface area contributed by atoms with Gasteiger partial charge in [0.05, 0.1) is 19.8 Å². The van der Waals surface area contributed by atoms with Crippen molar-refractivity contribution >= 4 is 5.91 Å². The average molecular weight is 358 g/mol. The van der Waals surface area contributed by atoms with Crippen molar-refractivity contribution in [1.82, 2.24) is 10.1 Å². The van der Waals surface area contributed by atoms with E-state index in [0.717, 1.165) is 31.6 Å². The lowest BCUT2D eigenvalue weighted by Crippen LogP contribution is -2.39. The van der Waals surface area contributed by atoms with Crippen LogP contribution in [0.25, 0.3) is 11.3 Å². The van der Waals surface area contributed by atoms with Gasteiger partial charge < -0.3 is 18.9 Å². The molecular weight excluding hydrogens is 332 g/mol. The zero-order valence-electron chi connectivity index (χ0n) is 15.8. The van der Waals surface area contributed by atoms with Crippen molar-refractivity contribution in [1.29, 1.82) is 0 Å². The molecule has 1 aliphatic rings. The summed E-state index contributed by atoms with van der Waals surface area (Å²) in [6.07, 6.45) is 4.40. The molecule has 3 rings (SSSR count). The smallest absolute Gasteiger partial charge is 0.276 e. The minimum absolute atomic E-state index is 0.110. The molecule has 0 aliphatic heterocycles. The molecule has 0 N–H and O–H groups in total. The highest BCUT2D eigenvalue weighted by Gasteiger charge is 2.27. The van der Waals surface area contributed by atoms with Crippen molar-refractivity contribution in [3.05, 3.63) is 30.0 Å². The van der Waals surface area contributed by atoms with Crippen molar-refractivity contribution in [2.24, 2.45) is 5.92 Å². The lowest BCUT2D eigenvalue weighted by Gasteiger charge is -2.33. The van der Waals surface area contributed by atoms with Crippen LogP contribution in [0.5, 0.6) is 11.5 Å². The molecule has 0 atom stereocenters. The van der Waals surface area contributed by atoms with Gasteiger partial charge in [-0.2, -0.15) is 0 Å². The molecule has 1 saturated carbocycles. The Labute approximate surface area is 154 Å². The Morgan fingerprint density at radius 3 is 2.54 bits per heavy atom. The van der Waals surface area contributed by atoms with Crippen LogP contribution in [-0.2, 0) is 0 Å². The molecule has 0 radical (unpaired) electrons. The zero-order chi connectivity index (χ0) is 18.7. The normalized spacial score (nSPS) is 19.8. The quantitative estimate of drug-likeness (QED) is 0.808. The number of rotatable bonds is 5. The summed E-state index contributed by atoms with van der Waals surface area (Å²) in [7, 11) is 5.04. The zero-order valence-corrected chi connectivity index (χ0v) is 15.8. The Bertz CT molecular complexity index is 763. The van der Waals surface area contributed by atoms with E-state index in [-0.39, 0.29) is 11.9 Å². The number of carbonyl (C=O) groups excluding carboxylic acids is 1. The molecule has 1 aromatic heterocycles. The third-order valence-corrected chi connectivity index (χ3v) is 5.25. The number of hydrogen-bond donors (Lipinski definition) is 0. The van der Waals surface area contributed by atoms with Crippen LogP contribution in [0.3, 0.4) is 0 Å². The van der Waals surface area contributed by atoms with E-state index in [1.165, 1.54) is 0 Å². The van der Waals surface area contributed by atoms with E-state index in [1.807, 2.05) is 13.1 Å². The predicted molar refractivity (Wildman–Crippen MR) is 98.6 cm³/mol. The van der Waals surface area contributed by atoms with Gasteiger partial charge in [0.2, 0.25) is 0 Å². The highest BCUT2D eigenvalue weighted by Crippen LogP contribution is 2.34. The lowest BCUT2D eigenvalue weighted by atomic mass is 9.86. The Morgan fingerprint density at radius 2 is 1.88 bits per heavy atom. The first-order chi connectivity index (χ1) is 12.5. The number of carbonyl (C=O) groups is 1. The fraction of sp³-hybridized carbons (Fsp3) is 0.500. The van der Waals surface area contributed by atoms with E-state index >= 15 is 0 Å². The summed E-state index contributed by atoms with van der Waals surface area (Å²) < 4.78 is 16.1. The number of methoxy groups -OCH3 is 2. The van der Waals surface area contributed by atoms with Crippen LogP contribution in [0.4, 0.5) is 0 Å². The summed E-state index contributed by atoms with van der Waals surface area (Å²) in [5.41, 5.74) is 1.01. The topological polar surface area (TPSA) is 64.8 Å². The molecule has 1 fully saturated rings. The maximum atomic E-state index is 12.8. The molecule has 1 amide bonds. The maximum Gasteiger partial charge on any atom is 0.276 e. The minimum Gasteiger partial charge on any atom is -0.497 e. The van der Waals surface area contributed by atoms with Crippen LogP contribution in [0.2, 0.25) is 0 Å². The second-order valence-corrected chi connectivity index (χ2v) is 6.97. The minimum atomic E-state index is -0.110. The molecule has 1 heterocycles. The van der Waals surface area contributed by atoms with E-state index in [1.54, 1.807) is 37.3 Å². The van der Waals surface area contributed by atoms with Crippen molar-refractivity contribution in [3.63, 3.8) is 0 Å². The molecule has 6 heteroatoms. The fourth-order valence-corrected chi connectivity index (χ4v) is 3.49. The van der Waals surface area contributed by atoms with Gasteiger partial charge in [0.15, 0.2) is 11.5 Å². The van der Waals surface area contributed by atoms with Crippen LogP contribution in [-0.4, -0.2) is 43.3 Å². The second kappa shape index (κ2) is 7.81. The lowest BCUT2D eigenvalue weighted by molar-refractivity contribution is 0.0669. The molecular formula is C20H26N2O4. The summed E-state index contributed by atoms with van der Waals surface area (Å²) in [4.78, 5) is 14.6. The van der Waals surface area contributed by atoms with E-state index in [0.29, 0.717) is 28.5 Å². The molecule has 140 valence electrons. The van der Waals surface area contributed by atoms with Gasteiger partial charge in [-0.1, -0.05) is 12.1 Å². The SMILES string of the molecule is COc1ccc(OC)c(-c2cc(C(=O)N(C)C3CCC(C)CC3)no2)c1. The van der Waals surface area contributed by atoms with E-state index < -0.39 is 0 Å². The highest BCUT2D eigenvalue weighted by molar-refractivity contribution is 5.93. The Morgan fingerprint density at radius 1 is 1.15 bits per heavy atom. The molecule has 1 aliphatic carbocycles. The van der Waals surface area contributed by atoms with Crippen molar-refractivity contribution in [2.45, 2.75) is 38.6 Å². The largest absolute Gasteiger partial charge is 0.497 e. The standard InChI is InChI=1S/C20H26N2O4/c1-13-5-7-14(8-6-13)22(2)20(23)17-12-19(26-21-17)16-11-15(24-3)9-10-18(16)25-4/h9-14H,5-8H2,1-4H3. The highest BCUT2D eigenvalue weighted by atomic mass is 16.5. The van der Waals surface area contributed by atoms with Crippen LogP contribution < -0.4 is 9.47 Å². The fourth-order valence-electron chi connectivity index (χ4n) is 3.49. The first-order valence-electron chi connectivity index (χ1n) is 8.99. The monoisotopic (exact) mass is 358 g/mol. The second-order valence-electron chi connectivity index (χ2n) is 6.97. The van der Waals surface area contributed by atoms with Gasteiger partial charge in [0.25, 0.3) is 5.91 Å². The Kier molecular flexibility index (Phi) is 5.49. The predicted octanol–water partition coefficient (Wildman–Crippen LogP) is 4.01. The van der Waals surface area contributed by atoms with E-state index in [9.17, 15) is 4.79 Å². The Hall–Kier alpha value is -2.50. The van der Waals surface area contributed by atoms with Gasteiger partial charge in [0, 0.05) is 19.2 Å². The average Bonchev–Trinajstić information content (AvgIpc) is 3.17. The van der Waals surface area contributed by atoms with E-state index in [4.69, 9.17) is 14.0 Å². The summed E-state index contributed by atoms with van der Waals surface area (Å²) >= 11 is 0. The number of amides is 1.